The van der Waals surface area contributed by atoms with Gasteiger partial charge in [0, 0.05) is 38.8 Å². The Morgan fingerprint density at radius 2 is 2.25 bits per heavy atom. The number of nitrogens with one attached hydrogen (secondary N) is 1. The third kappa shape index (κ3) is 5.69. The Kier molecular flexibility index (Phi) is 6.82. The second-order valence-electron chi connectivity index (χ2n) is 6.68. The summed E-state index contributed by atoms with van der Waals surface area (Å²) >= 11 is 0. The first-order valence-electron chi connectivity index (χ1n) is 9.34. The summed E-state index contributed by atoms with van der Waals surface area (Å²) in [6.07, 6.45) is 2.75. The van der Waals surface area contributed by atoms with Crippen LogP contribution in [0.25, 0.3) is 0 Å². The maximum absolute atomic E-state index is 11.0. The molecule has 0 bridgehead atoms. The molecule has 1 aromatic carbocycles. The van der Waals surface area contributed by atoms with Crippen molar-refractivity contribution in [2.24, 2.45) is 0 Å². The molecule has 2 heterocycles. The van der Waals surface area contributed by atoms with Gasteiger partial charge < -0.3 is 14.8 Å². The van der Waals surface area contributed by atoms with Crippen molar-refractivity contribution < 1.29 is 14.3 Å². The average Bonchev–Trinajstić information content (AvgIpc) is 3.14. The molecular formula is C21H24N4O3. The van der Waals surface area contributed by atoms with E-state index in [0.717, 1.165) is 37.5 Å². The number of amides is 1. The summed E-state index contributed by atoms with van der Waals surface area (Å²) in [5.74, 6) is 1.31. The summed E-state index contributed by atoms with van der Waals surface area (Å²) in [4.78, 5) is 17.6. The number of hydrogen-bond donors (Lipinski definition) is 1. The maximum atomic E-state index is 11.0. The monoisotopic (exact) mass is 380 g/mol. The molecule has 0 radical (unpaired) electrons. The summed E-state index contributed by atoms with van der Waals surface area (Å²) < 4.78 is 11.8. The Hall–Kier alpha value is -3.11. The Labute approximate surface area is 164 Å². The van der Waals surface area contributed by atoms with Crippen molar-refractivity contribution in [2.75, 3.05) is 26.2 Å². The SMILES string of the molecule is CC(=O)NCc1cc(OC2CCN(CCOc3ccccc3C#N)C2)ccn1. The van der Waals surface area contributed by atoms with Gasteiger partial charge in [-0.2, -0.15) is 5.26 Å². The Morgan fingerprint density at radius 1 is 1.39 bits per heavy atom. The first kappa shape index (κ1) is 19.6. The molecule has 1 saturated heterocycles. The van der Waals surface area contributed by atoms with Crippen molar-refractivity contribution in [3.05, 3.63) is 53.9 Å². The third-order valence-corrected chi connectivity index (χ3v) is 4.51. The van der Waals surface area contributed by atoms with E-state index in [9.17, 15) is 4.79 Å². The van der Waals surface area contributed by atoms with E-state index in [2.05, 4.69) is 21.3 Å². The first-order valence-corrected chi connectivity index (χ1v) is 9.34. The zero-order valence-corrected chi connectivity index (χ0v) is 15.9. The van der Waals surface area contributed by atoms with E-state index in [0.29, 0.717) is 24.5 Å². The van der Waals surface area contributed by atoms with E-state index in [-0.39, 0.29) is 12.0 Å². The highest BCUT2D eigenvalue weighted by Gasteiger charge is 2.24. The smallest absolute Gasteiger partial charge is 0.217 e. The second kappa shape index (κ2) is 9.72. The lowest BCUT2D eigenvalue weighted by atomic mass is 10.2. The van der Waals surface area contributed by atoms with Crippen LogP contribution in [-0.4, -0.2) is 48.1 Å². The topological polar surface area (TPSA) is 87.5 Å². The van der Waals surface area contributed by atoms with Crippen LogP contribution in [0.1, 0.15) is 24.6 Å². The van der Waals surface area contributed by atoms with Crippen molar-refractivity contribution in [3.63, 3.8) is 0 Å². The Morgan fingerprint density at radius 3 is 3.07 bits per heavy atom. The number of aromatic nitrogens is 1. The molecule has 1 N–H and O–H groups in total. The zero-order valence-electron chi connectivity index (χ0n) is 15.9. The van der Waals surface area contributed by atoms with Crippen LogP contribution >= 0.6 is 0 Å². The number of nitrogens with zero attached hydrogens (tertiary/aromatic N) is 3. The van der Waals surface area contributed by atoms with Crippen LogP contribution in [-0.2, 0) is 11.3 Å². The van der Waals surface area contributed by atoms with E-state index in [1.165, 1.54) is 6.92 Å². The van der Waals surface area contributed by atoms with Crippen molar-refractivity contribution in [1.29, 1.82) is 5.26 Å². The lowest BCUT2D eigenvalue weighted by Crippen LogP contribution is -2.29. The van der Waals surface area contributed by atoms with E-state index in [1.54, 1.807) is 12.3 Å². The van der Waals surface area contributed by atoms with Crippen molar-refractivity contribution in [2.45, 2.75) is 26.0 Å². The third-order valence-electron chi connectivity index (χ3n) is 4.51. The molecule has 1 aliphatic rings. The minimum Gasteiger partial charge on any atom is -0.491 e. The predicted molar refractivity (Wildman–Crippen MR) is 104 cm³/mol. The van der Waals surface area contributed by atoms with Gasteiger partial charge in [-0.05, 0) is 24.6 Å². The molecule has 0 aliphatic carbocycles. The molecule has 1 atom stereocenters. The number of nitriles is 1. The normalized spacial score (nSPS) is 16.4. The fraction of sp³-hybridized carbons (Fsp3) is 0.381. The van der Waals surface area contributed by atoms with Gasteiger partial charge >= 0.3 is 0 Å². The quantitative estimate of drug-likeness (QED) is 0.755. The van der Waals surface area contributed by atoms with Crippen LogP contribution in [0.3, 0.4) is 0 Å². The molecular weight excluding hydrogens is 356 g/mol. The number of benzene rings is 1. The van der Waals surface area contributed by atoms with Gasteiger partial charge in [0.05, 0.1) is 17.8 Å². The Bertz CT molecular complexity index is 850. The molecule has 7 nitrogen and oxygen atoms in total. The van der Waals surface area contributed by atoms with Gasteiger partial charge in [0.2, 0.25) is 5.91 Å². The zero-order chi connectivity index (χ0) is 19.8. The first-order chi connectivity index (χ1) is 13.6. The molecule has 1 aliphatic heterocycles. The van der Waals surface area contributed by atoms with Crippen LogP contribution in [0, 0.1) is 11.3 Å². The number of ether oxygens (including phenoxy) is 2. The summed E-state index contributed by atoms with van der Waals surface area (Å²) in [7, 11) is 0. The summed E-state index contributed by atoms with van der Waals surface area (Å²) in [6.45, 7) is 4.95. The number of para-hydroxylation sites is 1. The van der Waals surface area contributed by atoms with Crippen molar-refractivity contribution in [3.8, 4) is 17.6 Å². The molecule has 1 fully saturated rings. The highest BCUT2D eigenvalue weighted by atomic mass is 16.5. The van der Waals surface area contributed by atoms with Gasteiger partial charge in [0.15, 0.2) is 0 Å². The maximum Gasteiger partial charge on any atom is 0.217 e. The van der Waals surface area contributed by atoms with Gasteiger partial charge in [0.25, 0.3) is 0 Å². The molecule has 3 rings (SSSR count). The fourth-order valence-corrected chi connectivity index (χ4v) is 3.10. The van der Waals surface area contributed by atoms with Gasteiger partial charge in [-0.25, -0.2) is 0 Å². The van der Waals surface area contributed by atoms with E-state index < -0.39 is 0 Å². The fourth-order valence-electron chi connectivity index (χ4n) is 3.10. The van der Waals surface area contributed by atoms with Gasteiger partial charge in [0.1, 0.15) is 30.3 Å². The van der Waals surface area contributed by atoms with Crippen LogP contribution in [0.4, 0.5) is 0 Å². The number of carbonyl (C=O) groups excluding carboxylic acids is 1. The lowest BCUT2D eigenvalue weighted by molar-refractivity contribution is -0.119. The minimum absolute atomic E-state index is 0.0841. The average molecular weight is 380 g/mol. The molecule has 0 spiro atoms. The van der Waals surface area contributed by atoms with Gasteiger partial charge in [-0.15, -0.1) is 0 Å². The molecule has 2 aromatic rings. The number of rotatable bonds is 8. The van der Waals surface area contributed by atoms with E-state index in [1.807, 2.05) is 30.3 Å². The second-order valence-corrected chi connectivity index (χ2v) is 6.68. The van der Waals surface area contributed by atoms with Crippen LogP contribution in [0.2, 0.25) is 0 Å². The minimum atomic E-state index is -0.0841. The van der Waals surface area contributed by atoms with Gasteiger partial charge in [-0.3, -0.25) is 14.7 Å². The summed E-state index contributed by atoms with van der Waals surface area (Å²) in [5.41, 5.74) is 1.32. The van der Waals surface area contributed by atoms with Crippen LogP contribution in [0.15, 0.2) is 42.6 Å². The van der Waals surface area contributed by atoms with Crippen molar-refractivity contribution in [1.82, 2.24) is 15.2 Å². The summed E-state index contributed by atoms with van der Waals surface area (Å²) in [5, 5.41) is 11.8. The molecule has 1 unspecified atom stereocenters. The Balaban J connectivity index is 1.43. The number of carbonyl (C=O) groups is 1. The largest absolute Gasteiger partial charge is 0.491 e. The standard InChI is InChI=1S/C21H24N4O3/c1-16(26)24-14-18-12-19(6-8-23-18)28-20-7-9-25(15-20)10-11-27-21-5-3-2-4-17(21)13-22/h2-6,8,12,20H,7,9-11,14-15H2,1H3,(H,24,26). The molecule has 1 amide bonds. The number of likely N-dealkylation sites (tertiary alicyclic amines) is 1. The molecule has 1 aromatic heterocycles. The van der Waals surface area contributed by atoms with Crippen LogP contribution < -0.4 is 14.8 Å². The van der Waals surface area contributed by atoms with Crippen LogP contribution in [0.5, 0.6) is 11.5 Å². The molecule has 0 saturated carbocycles. The van der Waals surface area contributed by atoms with Gasteiger partial charge in [-0.1, -0.05) is 12.1 Å². The van der Waals surface area contributed by atoms with E-state index in [4.69, 9.17) is 14.7 Å². The molecule has 146 valence electrons. The predicted octanol–water partition coefficient (Wildman–Crippen LogP) is 2.12. The number of hydrogen-bond acceptors (Lipinski definition) is 6. The van der Waals surface area contributed by atoms with Crippen molar-refractivity contribution >= 4 is 5.91 Å². The highest BCUT2D eigenvalue weighted by molar-refractivity contribution is 5.72. The molecule has 7 heteroatoms. The van der Waals surface area contributed by atoms with E-state index >= 15 is 0 Å². The summed E-state index contributed by atoms with van der Waals surface area (Å²) in [6, 6.07) is 13.1. The lowest BCUT2D eigenvalue weighted by Gasteiger charge is -2.17. The number of pyridine rings is 1. The highest BCUT2D eigenvalue weighted by Crippen LogP contribution is 2.20. The molecule has 28 heavy (non-hydrogen) atoms.